The average Bonchev–Trinajstić information content (AvgIpc) is 2.29. The van der Waals surface area contributed by atoms with Crippen molar-refractivity contribution in [3.8, 4) is 0 Å². The van der Waals surface area contributed by atoms with E-state index >= 15 is 0 Å². The number of rotatable bonds is 1. The van der Waals surface area contributed by atoms with Crippen LogP contribution in [0.2, 0.25) is 5.02 Å². The Labute approximate surface area is 109 Å². The fourth-order valence-electron chi connectivity index (χ4n) is 2.41. The van der Waals surface area contributed by atoms with Gasteiger partial charge in [0.15, 0.2) is 0 Å². The molecule has 17 heavy (non-hydrogen) atoms. The first-order valence-corrected chi connectivity index (χ1v) is 6.30. The van der Waals surface area contributed by atoms with Gasteiger partial charge in [-0.25, -0.2) is 0 Å². The molecule has 0 amide bonds. The summed E-state index contributed by atoms with van der Waals surface area (Å²) >= 11 is 6.38. The highest BCUT2D eigenvalue weighted by molar-refractivity contribution is 6.31. The smallest absolute Gasteiger partial charge is 0.0450 e. The van der Waals surface area contributed by atoms with Crippen LogP contribution >= 0.6 is 11.6 Å². The highest BCUT2D eigenvalue weighted by Gasteiger charge is 2.40. The van der Waals surface area contributed by atoms with Crippen molar-refractivity contribution < 1.29 is 0 Å². The molecule has 0 N–H and O–H groups in total. The van der Waals surface area contributed by atoms with E-state index in [0.29, 0.717) is 0 Å². The Balaban J connectivity index is 2.64. The lowest BCUT2D eigenvalue weighted by molar-refractivity contribution is 0.289. The summed E-state index contributed by atoms with van der Waals surface area (Å²) in [5.74, 6) is 0. The Bertz CT molecular complexity index is 449. The van der Waals surface area contributed by atoms with Crippen molar-refractivity contribution in [2.75, 3.05) is 0 Å². The Hall–Kier alpha value is -1.01. The highest BCUT2D eigenvalue weighted by atomic mass is 35.5. The maximum atomic E-state index is 6.38. The Morgan fingerprint density at radius 1 is 1.00 bits per heavy atom. The van der Waals surface area contributed by atoms with Gasteiger partial charge in [-0.3, -0.25) is 0 Å². The van der Waals surface area contributed by atoms with Gasteiger partial charge in [0.05, 0.1) is 0 Å². The second kappa shape index (κ2) is 4.34. The van der Waals surface area contributed by atoms with Gasteiger partial charge in [0.1, 0.15) is 0 Å². The number of benzene rings is 1. The molecule has 1 aromatic rings. The number of allylic oxidation sites excluding steroid dienone is 4. The monoisotopic (exact) mass is 245 g/mol. The van der Waals surface area contributed by atoms with E-state index in [1.165, 1.54) is 5.56 Å². The van der Waals surface area contributed by atoms with Gasteiger partial charge in [0.25, 0.3) is 0 Å². The van der Waals surface area contributed by atoms with Gasteiger partial charge in [-0.2, -0.15) is 0 Å². The van der Waals surface area contributed by atoms with E-state index < -0.39 is 0 Å². The van der Waals surface area contributed by atoms with Crippen molar-refractivity contribution in [3.63, 3.8) is 0 Å². The van der Waals surface area contributed by atoms with Crippen LogP contribution in [0.3, 0.4) is 0 Å². The summed E-state index contributed by atoms with van der Waals surface area (Å²) in [5, 5.41) is 0.832. The molecule has 0 saturated heterocycles. The molecule has 89 valence electrons. The quantitative estimate of drug-likeness (QED) is 0.657. The lowest BCUT2D eigenvalue weighted by Gasteiger charge is -2.42. The zero-order valence-electron chi connectivity index (χ0n) is 10.6. The summed E-state index contributed by atoms with van der Waals surface area (Å²) in [7, 11) is 0. The van der Waals surface area contributed by atoms with E-state index in [9.17, 15) is 0 Å². The first-order valence-electron chi connectivity index (χ1n) is 5.93. The maximum absolute atomic E-state index is 6.38. The fourth-order valence-corrected chi connectivity index (χ4v) is 2.71. The summed E-state index contributed by atoms with van der Waals surface area (Å²) in [5.41, 5.74) is 1.13. The van der Waals surface area contributed by atoms with Gasteiger partial charge >= 0.3 is 0 Å². The van der Waals surface area contributed by atoms with Gasteiger partial charge in [-0.05, 0) is 17.0 Å². The Morgan fingerprint density at radius 3 is 2.12 bits per heavy atom. The summed E-state index contributed by atoms with van der Waals surface area (Å²) in [4.78, 5) is 0. The molecule has 0 nitrogen and oxygen atoms in total. The molecule has 0 unspecified atom stereocenters. The minimum Gasteiger partial charge on any atom is -0.0840 e. The third-order valence-corrected chi connectivity index (χ3v) is 3.83. The predicted octanol–water partition coefficient (Wildman–Crippen LogP) is 4.95. The molecule has 0 heterocycles. The molecular weight excluding hydrogens is 228 g/mol. The minimum atomic E-state index is -0.125. The van der Waals surface area contributed by atoms with E-state index in [1.54, 1.807) is 0 Å². The van der Waals surface area contributed by atoms with E-state index in [2.05, 4.69) is 63.6 Å². The Kier molecular flexibility index (Phi) is 3.18. The molecule has 2 rings (SSSR count). The van der Waals surface area contributed by atoms with Crippen LogP contribution in [0.15, 0.2) is 48.6 Å². The second-order valence-electron chi connectivity index (χ2n) is 5.51. The van der Waals surface area contributed by atoms with Crippen molar-refractivity contribution in [3.05, 3.63) is 65.6 Å². The predicted molar refractivity (Wildman–Crippen MR) is 75.2 cm³/mol. The van der Waals surface area contributed by atoms with Crippen molar-refractivity contribution in [2.45, 2.75) is 26.2 Å². The zero-order valence-corrected chi connectivity index (χ0v) is 11.3. The molecule has 1 radical (unpaired) electrons. The molecular formula is C16H18Cl. The summed E-state index contributed by atoms with van der Waals surface area (Å²) in [6, 6.07) is 8.11. The van der Waals surface area contributed by atoms with Gasteiger partial charge in [-0.15, -0.1) is 0 Å². The van der Waals surface area contributed by atoms with E-state index in [4.69, 9.17) is 11.6 Å². The summed E-state index contributed by atoms with van der Waals surface area (Å²) < 4.78 is 0. The molecule has 0 atom stereocenters. The first kappa shape index (κ1) is 12.4. The number of hydrogen-bond donors (Lipinski definition) is 0. The minimum absolute atomic E-state index is 0.0826. The zero-order chi connectivity index (χ0) is 12.5. The van der Waals surface area contributed by atoms with Crippen molar-refractivity contribution in [2.24, 2.45) is 5.41 Å². The number of hydrogen-bond acceptors (Lipinski definition) is 0. The van der Waals surface area contributed by atoms with Crippen molar-refractivity contribution in [1.29, 1.82) is 0 Å². The van der Waals surface area contributed by atoms with E-state index in [-0.39, 0.29) is 10.8 Å². The molecule has 1 aromatic carbocycles. The first-order chi connectivity index (χ1) is 7.97. The lowest BCUT2D eigenvalue weighted by Crippen LogP contribution is -2.37. The maximum Gasteiger partial charge on any atom is 0.0450 e. The van der Waals surface area contributed by atoms with E-state index in [1.807, 2.05) is 12.1 Å². The third kappa shape index (κ3) is 2.07. The van der Waals surface area contributed by atoms with Gasteiger partial charge in [-0.1, -0.05) is 74.9 Å². The molecule has 0 spiro atoms. The molecule has 1 heteroatoms. The van der Waals surface area contributed by atoms with Crippen molar-refractivity contribution >= 4 is 11.6 Å². The van der Waals surface area contributed by atoms with Crippen LogP contribution in [0, 0.1) is 11.8 Å². The fraction of sp³-hybridized carbons (Fsp3) is 0.312. The van der Waals surface area contributed by atoms with Gasteiger partial charge in [0, 0.05) is 16.9 Å². The third-order valence-electron chi connectivity index (χ3n) is 3.50. The van der Waals surface area contributed by atoms with Gasteiger partial charge < -0.3 is 0 Å². The SMILES string of the molecule is CC(C)(C)C1(c2ccccc2Cl)C=C[CH]C=C1. The largest absolute Gasteiger partial charge is 0.0840 e. The van der Waals surface area contributed by atoms with E-state index in [0.717, 1.165) is 5.02 Å². The van der Waals surface area contributed by atoms with Crippen LogP contribution in [0.4, 0.5) is 0 Å². The molecule has 1 aliphatic rings. The van der Waals surface area contributed by atoms with Crippen LogP contribution in [0.1, 0.15) is 26.3 Å². The molecule has 0 fully saturated rings. The summed E-state index contributed by atoms with van der Waals surface area (Å²) in [6.45, 7) is 6.74. The van der Waals surface area contributed by atoms with Crippen LogP contribution in [0.25, 0.3) is 0 Å². The standard InChI is InChI=1S/C16H18Cl/c1-15(2,3)16(11-7-4-8-12-16)13-9-5-6-10-14(13)17/h4-12H,1-3H3. The molecule has 0 saturated carbocycles. The van der Waals surface area contributed by atoms with Crippen LogP contribution in [-0.2, 0) is 5.41 Å². The molecule has 1 aliphatic carbocycles. The van der Waals surface area contributed by atoms with Gasteiger partial charge in [0.2, 0.25) is 0 Å². The van der Waals surface area contributed by atoms with Crippen LogP contribution in [0.5, 0.6) is 0 Å². The molecule has 0 bridgehead atoms. The van der Waals surface area contributed by atoms with Crippen LogP contribution in [-0.4, -0.2) is 0 Å². The Morgan fingerprint density at radius 2 is 1.59 bits per heavy atom. The van der Waals surface area contributed by atoms with Crippen LogP contribution < -0.4 is 0 Å². The normalized spacial score (nSPS) is 18.4. The lowest BCUT2D eigenvalue weighted by atomic mass is 9.61. The molecule has 0 aromatic heterocycles. The summed E-state index contributed by atoms with van der Waals surface area (Å²) in [6.07, 6.45) is 10.8. The second-order valence-corrected chi connectivity index (χ2v) is 5.92. The number of halogens is 1. The topological polar surface area (TPSA) is 0 Å². The average molecular weight is 246 g/mol. The highest BCUT2D eigenvalue weighted by Crippen LogP contribution is 2.47. The molecule has 0 aliphatic heterocycles. The van der Waals surface area contributed by atoms with Crippen molar-refractivity contribution in [1.82, 2.24) is 0 Å².